The summed E-state index contributed by atoms with van der Waals surface area (Å²) < 4.78 is 0. The second-order valence-corrected chi connectivity index (χ2v) is 3.17. The fourth-order valence-corrected chi connectivity index (χ4v) is 1.37. The fourth-order valence-electron chi connectivity index (χ4n) is 1.37. The van der Waals surface area contributed by atoms with E-state index in [1.165, 1.54) is 18.4 Å². The van der Waals surface area contributed by atoms with Gasteiger partial charge in [-0.2, -0.15) is 0 Å². The molecule has 0 bridgehead atoms. The van der Waals surface area contributed by atoms with Crippen LogP contribution in [0.2, 0.25) is 0 Å². The van der Waals surface area contributed by atoms with E-state index in [0.29, 0.717) is 0 Å². The molecule has 0 fully saturated rings. The lowest BCUT2D eigenvalue weighted by molar-refractivity contribution is 0.520. The number of hydrogen-bond donors (Lipinski definition) is 0. The van der Waals surface area contributed by atoms with Gasteiger partial charge in [-0.25, -0.2) is 0 Å². The standard InChI is InChI=1S/C11H17/c1-3-10-6-5-7-11(4-2)9-8-10/h5-6,11H,3-4,7,9H2,1-2H3. The van der Waals surface area contributed by atoms with Crippen LogP contribution in [-0.2, 0) is 0 Å². The minimum Gasteiger partial charge on any atom is -0.0840 e. The Labute approximate surface area is 70.0 Å². The Balaban J connectivity index is 2.53. The summed E-state index contributed by atoms with van der Waals surface area (Å²) in [6.07, 6.45) is 12.8. The van der Waals surface area contributed by atoms with E-state index < -0.39 is 0 Å². The van der Waals surface area contributed by atoms with Gasteiger partial charge in [-0.05, 0) is 36.8 Å². The Morgan fingerprint density at radius 2 is 2.36 bits per heavy atom. The average molecular weight is 149 g/mol. The van der Waals surface area contributed by atoms with Crippen molar-refractivity contribution in [2.24, 2.45) is 5.92 Å². The molecule has 11 heavy (non-hydrogen) atoms. The molecular formula is C11H17. The van der Waals surface area contributed by atoms with Gasteiger partial charge in [-0.15, -0.1) is 0 Å². The van der Waals surface area contributed by atoms with Gasteiger partial charge in [-0.3, -0.25) is 0 Å². The first-order valence-electron chi connectivity index (χ1n) is 4.63. The van der Waals surface area contributed by atoms with Crippen molar-refractivity contribution in [3.63, 3.8) is 0 Å². The highest BCUT2D eigenvalue weighted by Gasteiger charge is 2.05. The molecule has 0 saturated heterocycles. The van der Waals surface area contributed by atoms with E-state index in [4.69, 9.17) is 0 Å². The van der Waals surface area contributed by atoms with Crippen LogP contribution in [0.3, 0.4) is 0 Å². The summed E-state index contributed by atoms with van der Waals surface area (Å²) in [5.74, 6) is 0.843. The molecule has 1 aliphatic carbocycles. The first kappa shape index (κ1) is 8.58. The van der Waals surface area contributed by atoms with Gasteiger partial charge >= 0.3 is 0 Å². The summed E-state index contributed by atoms with van der Waals surface area (Å²) in [5.41, 5.74) is 1.39. The van der Waals surface area contributed by atoms with Gasteiger partial charge in [0.1, 0.15) is 0 Å². The van der Waals surface area contributed by atoms with Crippen molar-refractivity contribution < 1.29 is 0 Å². The van der Waals surface area contributed by atoms with E-state index in [0.717, 1.165) is 18.8 Å². The minimum atomic E-state index is 0.843. The highest BCUT2D eigenvalue weighted by atomic mass is 14.1. The molecule has 61 valence electrons. The molecular weight excluding hydrogens is 132 g/mol. The Bertz CT molecular complexity index is 163. The highest BCUT2D eigenvalue weighted by molar-refractivity contribution is 5.17. The largest absolute Gasteiger partial charge is 0.0840 e. The minimum absolute atomic E-state index is 0.843. The molecule has 1 atom stereocenters. The molecule has 0 aromatic heterocycles. The van der Waals surface area contributed by atoms with E-state index in [9.17, 15) is 0 Å². The van der Waals surface area contributed by atoms with Crippen LogP contribution < -0.4 is 0 Å². The molecule has 1 rings (SSSR count). The van der Waals surface area contributed by atoms with Crippen molar-refractivity contribution in [3.05, 3.63) is 23.8 Å². The molecule has 0 heterocycles. The molecule has 0 saturated carbocycles. The summed E-state index contributed by atoms with van der Waals surface area (Å²) in [6.45, 7) is 4.45. The van der Waals surface area contributed by atoms with Gasteiger partial charge in [0.05, 0.1) is 0 Å². The lowest BCUT2D eigenvalue weighted by Crippen LogP contribution is -1.93. The normalized spacial score (nSPS) is 24.5. The highest BCUT2D eigenvalue weighted by Crippen LogP contribution is 2.20. The third-order valence-corrected chi connectivity index (χ3v) is 2.36. The zero-order chi connectivity index (χ0) is 8.10. The second kappa shape index (κ2) is 4.38. The number of hydrogen-bond acceptors (Lipinski definition) is 0. The molecule has 0 N–H and O–H groups in total. The van der Waals surface area contributed by atoms with Crippen molar-refractivity contribution in [3.8, 4) is 0 Å². The molecule has 0 aromatic rings. The van der Waals surface area contributed by atoms with E-state index in [2.05, 4.69) is 32.1 Å². The third kappa shape index (κ3) is 2.53. The number of rotatable bonds is 2. The molecule has 1 radical (unpaired) electrons. The topological polar surface area (TPSA) is 0 Å². The van der Waals surface area contributed by atoms with Gasteiger partial charge in [-0.1, -0.05) is 32.4 Å². The lowest BCUT2D eigenvalue weighted by atomic mass is 9.99. The maximum atomic E-state index is 3.46. The van der Waals surface area contributed by atoms with E-state index in [1.807, 2.05) is 0 Å². The van der Waals surface area contributed by atoms with Crippen LogP contribution in [0.1, 0.15) is 39.5 Å². The smallest absolute Gasteiger partial charge is 0.0242 e. The third-order valence-electron chi connectivity index (χ3n) is 2.36. The maximum Gasteiger partial charge on any atom is -0.0242 e. The van der Waals surface area contributed by atoms with Crippen LogP contribution in [-0.4, -0.2) is 0 Å². The molecule has 0 heteroatoms. The molecule has 0 nitrogen and oxygen atoms in total. The maximum absolute atomic E-state index is 3.46. The van der Waals surface area contributed by atoms with E-state index >= 15 is 0 Å². The summed E-state index contributed by atoms with van der Waals surface area (Å²) in [7, 11) is 0. The van der Waals surface area contributed by atoms with Crippen molar-refractivity contribution >= 4 is 0 Å². The summed E-state index contributed by atoms with van der Waals surface area (Å²) in [4.78, 5) is 0. The Morgan fingerprint density at radius 3 is 3.00 bits per heavy atom. The molecule has 0 aromatic carbocycles. The van der Waals surface area contributed by atoms with Crippen LogP contribution in [0.4, 0.5) is 0 Å². The van der Waals surface area contributed by atoms with E-state index in [1.54, 1.807) is 0 Å². The van der Waals surface area contributed by atoms with E-state index in [-0.39, 0.29) is 0 Å². The van der Waals surface area contributed by atoms with Gasteiger partial charge < -0.3 is 0 Å². The summed E-state index contributed by atoms with van der Waals surface area (Å²) in [5, 5.41) is 0. The van der Waals surface area contributed by atoms with Crippen molar-refractivity contribution in [2.45, 2.75) is 39.5 Å². The van der Waals surface area contributed by atoms with Gasteiger partial charge in [0.2, 0.25) is 0 Å². The average Bonchev–Trinajstić information content (AvgIpc) is 2.28. The fraction of sp³-hybridized carbons (Fsp3) is 0.636. The van der Waals surface area contributed by atoms with Crippen LogP contribution >= 0.6 is 0 Å². The summed E-state index contributed by atoms with van der Waals surface area (Å²) in [6, 6.07) is 0. The van der Waals surface area contributed by atoms with Crippen molar-refractivity contribution in [1.82, 2.24) is 0 Å². The molecule has 1 aliphatic rings. The van der Waals surface area contributed by atoms with Crippen LogP contribution in [0, 0.1) is 12.0 Å². The predicted molar refractivity (Wildman–Crippen MR) is 49.2 cm³/mol. The predicted octanol–water partition coefficient (Wildman–Crippen LogP) is 3.50. The zero-order valence-electron chi connectivity index (χ0n) is 7.56. The first-order chi connectivity index (χ1) is 5.36. The molecule has 0 aliphatic heterocycles. The first-order valence-corrected chi connectivity index (χ1v) is 4.63. The molecule has 1 unspecified atom stereocenters. The van der Waals surface area contributed by atoms with Crippen molar-refractivity contribution in [1.29, 1.82) is 0 Å². The van der Waals surface area contributed by atoms with Gasteiger partial charge in [0.15, 0.2) is 0 Å². The monoisotopic (exact) mass is 149 g/mol. The quantitative estimate of drug-likeness (QED) is 0.563. The van der Waals surface area contributed by atoms with Crippen molar-refractivity contribution in [2.75, 3.05) is 0 Å². The zero-order valence-corrected chi connectivity index (χ0v) is 7.56. The molecule has 0 spiro atoms. The Kier molecular flexibility index (Phi) is 3.41. The van der Waals surface area contributed by atoms with Crippen LogP contribution in [0.25, 0.3) is 0 Å². The Morgan fingerprint density at radius 1 is 1.55 bits per heavy atom. The second-order valence-electron chi connectivity index (χ2n) is 3.17. The number of allylic oxidation sites excluding steroid dienone is 4. The van der Waals surface area contributed by atoms with Gasteiger partial charge in [0, 0.05) is 0 Å². The lowest BCUT2D eigenvalue weighted by Gasteiger charge is -2.06. The molecule has 0 amide bonds. The summed E-state index contributed by atoms with van der Waals surface area (Å²) >= 11 is 0. The van der Waals surface area contributed by atoms with Gasteiger partial charge in [0.25, 0.3) is 0 Å². The SMILES string of the molecule is CCC1=[C]CC(CC)CC=C1. The van der Waals surface area contributed by atoms with Crippen LogP contribution in [0.15, 0.2) is 17.7 Å². The van der Waals surface area contributed by atoms with Crippen LogP contribution in [0.5, 0.6) is 0 Å². The Hall–Kier alpha value is -0.520.